The third-order valence-electron chi connectivity index (χ3n) is 2.40. The molecule has 1 atom stereocenters. The van der Waals surface area contributed by atoms with Crippen LogP contribution in [0.4, 0.5) is 4.39 Å². The van der Waals surface area contributed by atoms with Gasteiger partial charge >= 0.3 is 0 Å². The van der Waals surface area contributed by atoms with E-state index in [4.69, 9.17) is 0 Å². The van der Waals surface area contributed by atoms with Gasteiger partial charge < -0.3 is 9.67 Å². The van der Waals surface area contributed by atoms with E-state index in [9.17, 15) is 9.50 Å². The molecule has 1 N–H and O–H groups in total. The van der Waals surface area contributed by atoms with Crippen LogP contribution in [0.3, 0.4) is 0 Å². The predicted octanol–water partition coefficient (Wildman–Crippen LogP) is 2.76. The minimum Gasteiger partial charge on any atom is -0.389 e. The number of aromatic nitrogens is 2. The van der Waals surface area contributed by atoms with Gasteiger partial charge in [0, 0.05) is 24.3 Å². The highest BCUT2D eigenvalue weighted by Crippen LogP contribution is 2.32. The number of nitrogens with zero attached hydrogens (tertiary/aromatic N) is 2. The van der Waals surface area contributed by atoms with Gasteiger partial charge in [-0.15, -0.1) is 0 Å². The molecule has 17 heavy (non-hydrogen) atoms. The van der Waals surface area contributed by atoms with Gasteiger partial charge in [0.2, 0.25) is 0 Å². The third-order valence-corrected chi connectivity index (χ3v) is 3.57. The summed E-state index contributed by atoms with van der Waals surface area (Å²) in [4.78, 5) is 5.00. The van der Waals surface area contributed by atoms with E-state index in [0.717, 1.165) is 10.1 Å². The molecule has 90 valence electrons. The van der Waals surface area contributed by atoms with Crippen LogP contribution in [0, 0.1) is 5.82 Å². The molecule has 1 aromatic heterocycles. The van der Waals surface area contributed by atoms with Gasteiger partial charge in [-0.25, -0.2) is 9.37 Å². The summed E-state index contributed by atoms with van der Waals surface area (Å²) in [6.45, 7) is 1.62. The van der Waals surface area contributed by atoms with Gasteiger partial charge in [-0.3, -0.25) is 0 Å². The molecule has 1 unspecified atom stereocenters. The lowest BCUT2D eigenvalue weighted by molar-refractivity contribution is 0.196. The molecule has 0 aliphatic carbocycles. The van der Waals surface area contributed by atoms with Crippen molar-refractivity contribution in [1.82, 2.24) is 9.55 Å². The van der Waals surface area contributed by atoms with Crippen molar-refractivity contribution in [3.8, 4) is 0 Å². The number of rotatable bonds is 3. The lowest BCUT2D eigenvalue weighted by Gasteiger charge is -2.11. The Kier molecular flexibility index (Phi) is 3.49. The van der Waals surface area contributed by atoms with Crippen LogP contribution in [0.1, 0.15) is 18.6 Å². The number of hydrogen-bond donors (Lipinski definition) is 1. The zero-order chi connectivity index (χ0) is 12.4. The lowest BCUT2D eigenvalue weighted by atomic mass is 10.1. The monoisotopic (exact) mass is 252 g/mol. The molecule has 3 nitrogen and oxygen atoms in total. The van der Waals surface area contributed by atoms with Gasteiger partial charge in [0.05, 0.1) is 6.10 Å². The second-order valence-electron chi connectivity index (χ2n) is 3.78. The van der Waals surface area contributed by atoms with Crippen molar-refractivity contribution in [1.29, 1.82) is 0 Å². The average Bonchev–Trinajstić information content (AvgIpc) is 2.67. The van der Waals surface area contributed by atoms with Crippen LogP contribution >= 0.6 is 11.8 Å². The van der Waals surface area contributed by atoms with Crippen LogP contribution in [0.15, 0.2) is 40.6 Å². The average molecular weight is 252 g/mol. The molecule has 0 amide bonds. The second kappa shape index (κ2) is 4.89. The Morgan fingerprint density at radius 2 is 2.24 bits per heavy atom. The van der Waals surface area contributed by atoms with Gasteiger partial charge in [-0.05, 0) is 30.7 Å². The van der Waals surface area contributed by atoms with Crippen LogP contribution in [0.2, 0.25) is 0 Å². The Morgan fingerprint density at radius 1 is 1.47 bits per heavy atom. The van der Waals surface area contributed by atoms with Crippen molar-refractivity contribution < 1.29 is 9.50 Å². The Bertz CT molecular complexity index is 525. The van der Waals surface area contributed by atoms with Crippen LogP contribution in [-0.2, 0) is 7.05 Å². The topological polar surface area (TPSA) is 38.1 Å². The summed E-state index contributed by atoms with van der Waals surface area (Å²) < 4.78 is 15.0. The number of halogens is 1. The molecular weight excluding hydrogens is 239 g/mol. The van der Waals surface area contributed by atoms with E-state index in [1.165, 1.54) is 23.9 Å². The molecule has 2 rings (SSSR count). The van der Waals surface area contributed by atoms with Gasteiger partial charge in [0.1, 0.15) is 5.82 Å². The number of aryl methyl sites for hydroxylation is 1. The smallest absolute Gasteiger partial charge is 0.172 e. The minimum atomic E-state index is -0.700. The Hall–Kier alpha value is -1.33. The molecule has 1 aromatic carbocycles. The summed E-state index contributed by atoms with van der Waals surface area (Å²) in [7, 11) is 1.89. The fourth-order valence-corrected chi connectivity index (χ4v) is 2.49. The maximum absolute atomic E-state index is 13.1. The maximum Gasteiger partial charge on any atom is 0.172 e. The van der Waals surface area contributed by atoms with Gasteiger partial charge in [0.15, 0.2) is 5.16 Å². The van der Waals surface area contributed by atoms with Gasteiger partial charge in [-0.2, -0.15) is 0 Å². The molecular formula is C12H13FN2OS. The molecule has 2 aromatic rings. The van der Waals surface area contributed by atoms with E-state index < -0.39 is 6.10 Å². The number of benzene rings is 1. The van der Waals surface area contributed by atoms with Crippen LogP contribution in [-0.4, -0.2) is 14.7 Å². The molecule has 0 spiro atoms. The van der Waals surface area contributed by atoms with Crippen molar-refractivity contribution in [2.24, 2.45) is 7.05 Å². The molecule has 0 radical (unpaired) electrons. The van der Waals surface area contributed by atoms with Gasteiger partial charge in [0.25, 0.3) is 0 Å². The first-order valence-corrected chi connectivity index (χ1v) is 6.02. The molecule has 0 saturated heterocycles. The second-order valence-corrected chi connectivity index (χ2v) is 4.79. The summed E-state index contributed by atoms with van der Waals surface area (Å²) in [6.07, 6.45) is 2.84. The number of imidazole rings is 1. The van der Waals surface area contributed by atoms with Crippen molar-refractivity contribution >= 4 is 11.8 Å². The summed E-state index contributed by atoms with van der Waals surface area (Å²) >= 11 is 1.41. The molecule has 0 bridgehead atoms. The standard InChI is InChI=1S/C12H13FN2OS/c1-8(16)10-7-9(13)3-4-11(10)17-12-14-5-6-15(12)2/h3-8,16H,1-2H3. The SMILES string of the molecule is CC(O)c1cc(F)ccc1Sc1nccn1C. The number of hydrogen-bond acceptors (Lipinski definition) is 3. The van der Waals surface area contributed by atoms with E-state index in [2.05, 4.69) is 4.98 Å². The van der Waals surface area contributed by atoms with E-state index in [0.29, 0.717) is 5.56 Å². The maximum atomic E-state index is 13.1. The first kappa shape index (κ1) is 12.1. The lowest BCUT2D eigenvalue weighted by Crippen LogP contribution is -1.96. The van der Waals surface area contributed by atoms with Crippen LogP contribution in [0.25, 0.3) is 0 Å². The Morgan fingerprint density at radius 3 is 2.82 bits per heavy atom. The first-order valence-electron chi connectivity index (χ1n) is 5.20. The zero-order valence-electron chi connectivity index (χ0n) is 9.59. The summed E-state index contributed by atoms with van der Waals surface area (Å²) in [5.74, 6) is -0.343. The molecule has 0 aliphatic rings. The Balaban J connectivity index is 2.36. The van der Waals surface area contributed by atoms with Crippen molar-refractivity contribution in [3.63, 3.8) is 0 Å². The molecule has 5 heteroatoms. The van der Waals surface area contributed by atoms with Crippen molar-refractivity contribution in [3.05, 3.63) is 42.0 Å². The highest BCUT2D eigenvalue weighted by Gasteiger charge is 2.12. The van der Waals surface area contributed by atoms with Crippen molar-refractivity contribution in [2.45, 2.75) is 23.1 Å². The summed E-state index contributed by atoms with van der Waals surface area (Å²) in [5, 5.41) is 10.4. The normalized spacial score (nSPS) is 12.7. The zero-order valence-corrected chi connectivity index (χ0v) is 10.4. The highest BCUT2D eigenvalue weighted by molar-refractivity contribution is 7.99. The number of aliphatic hydroxyl groups is 1. The van der Waals surface area contributed by atoms with Gasteiger partial charge in [-0.1, -0.05) is 11.8 Å². The fourth-order valence-electron chi connectivity index (χ4n) is 1.49. The van der Waals surface area contributed by atoms with Crippen LogP contribution in [0.5, 0.6) is 0 Å². The van der Waals surface area contributed by atoms with E-state index >= 15 is 0 Å². The first-order chi connectivity index (χ1) is 8.08. The highest BCUT2D eigenvalue weighted by atomic mass is 32.2. The molecule has 1 heterocycles. The number of aliphatic hydroxyl groups excluding tert-OH is 1. The quantitative estimate of drug-likeness (QED) is 0.912. The van der Waals surface area contributed by atoms with Crippen LogP contribution < -0.4 is 0 Å². The Labute approximate surface area is 103 Å². The fraction of sp³-hybridized carbons (Fsp3) is 0.250. The predicted molar refractivity (Wildman–Crippen MR) is 64.4 cm³/mol. The third kappa shape index (κ3) is 2.68. The van der Waals surface area contributed by atoms with E-state index in [-0.39, 0.29) is 5.82 Å². The molecule has 0 aliphatic heterocycles. The summed E-state index contributed by atoms with van der Waals surface area (Å²) in [5.41, 5.74) is 0.581. The summed E-state index contributed by atoms with van der Waals surface area (Å²) in [6, 6.07) is 4.41. The van der Waals surface area contributed by atoms with E-state index in [1.807, 2.05) is 17.8 Å². The largest absolute Gasteiger partial charge is 0.389 e. The molecule has 0 fully saturated rings. The van der Waals surface area contributed by atoms with Crippen molar-refractivity contribution in [2.75, 3.05) is 0 Å². The minimum absolute atomic E-state index is 0.343. The van der Waals surface area contributed by atoms with E-state index in [1.54, 1.807) is 19.2 Å². The molecule has 0 saturated carbocycles.